The Bertz CT molecular complexity index is 766. The lowest BCUT2D eigenvalue weighted by Crippen LogP contribution is -2.24. The Balaban J connectivity index is 1.42. The van der Waals surface area contributed by atoms with Crippen LogP contribution in [0.5, 0.6) is 23.0 Å². The summed E-state index contributed by atoms with van der Waals surface area (Å²) in [5, 5.41) is 9.72. The van der Waals surface area contributed by atoms with Gasteiger partial charge in [-0.15, -0.1) is 0 Å². The second-order valence-corrected chi connectivity index (χ2v) is 6.11. The van der Waals surface area contributed by atoms with Crippen molar-refractivity contribution < 1.29 is 33.6 Å². The normalized spacial score (nSPS) is 16.0. The van der Waals surface area contributed by atoms with Crippen LogP contribution in [0.25, 0.3) is 0 Å². The molecule has 3 rings (SSSR count). The van der Waals surface area contributed by atoms with E-state index < -0.39 is 12.1 Å². The largest absolute Gasteiger partial charge is 0.491 e. The number of hydrogen-bond donors (Lipinski definition) is 1. The van der Waals surface area contributed by atoms with Gasteiger partial charge in [-0.05, 0) is 48.5 Å². The zero-order valence-corrected chi connectivity index (χ0v) is 15.3. The van der Waals surface area contributed by atoms with Crippen LogP contribution in [0.1, 0.15) is 0 Å². The van der Waals surface area contributed by atoms with E-state index in [1.165, 1.54) is 0 Å². The summed E-state index contributed by atoms with van der Waals surface area (Å²) in [7, 11) is 0. The SMILES string of the molecule is C=CC(=O)OCC(O)COc1ccc(Oc2ccc(OCC3CO3)cc2)cc1. The van der Waals surface area contributed by atoms with Crippen LogP contribution in [0, 0.1) is 0 Å². The minimum atomic E-state index is -0.924. The highest BCUT2D eigenvalue weighted by molar-refractivity contribution is 5.81. The van der Waals surface area contributed by atoms with E-state index in [4.69, 9.17) is 23.7 Å². The van der Waals surface area contributed by atoms with Gasteiger partial charge in [0.2, 0.25) is 0 Å². The molecule has 2 atom stereocenters. The molecule has 1 aliphatic heterocycles. The molecule has 0 spiro atoms. The van der Waals surface area contributed by atoms with Crippen LogP contribution in [0.2, 0.25) is 0 Å². The van der Waals surface area contributed by atoms with Gasteiger partial charge in [-0.2, -0.15) is 0 Å². The quantitative estimate of drug-likeness (QED) is 0.361. The van der Waals surface area contributed by atoms with Gasteiger partial charge in [0.15, 0.2) is 0 Å². The molecule has 0 bridgehead atoms. The lowest BCUT2D eigenvalue weighted by atomic mass is 10.3. The molecule has 0 saturated carbocycles. The van der Waals surface area contributed by atoms with Crippen molar-refractivity contribution in [3.05, 3.63) is 61.2 Å². The maximum atomic E-state index is 10.9. The molecule has 1 aliphatic rings. The third-order valence-electron chi connectivity index (χ3n) is 3.75. The highest BCUT2D eigenvalue weighted by atomic mass is 16.6. The molecular weight excluding hydrogens is 364 g/mol. The molecule has 148 valence electrons. The van der Waals surface area contributed by atoms with E-state index in [2.05, 4.69) is 6.58 Å². The zero-order chi connectivity index (χ0) is 19.8. The Morgan fingerprint density at radius 1 is 1.04 bits per heavy atom. The summed E-state index contributed by atoms with van der Waals surface area (Å²) >= 11 is 0. The topological polar surface area (TPSA) is 86.8 Å². The number of carbonyl (C=O) groups is 1. The summed E-state index contributed by atoms with van der Waals surface area (Å²) in [4.78, 5) is 10.9. The molecule has 2 aromatic rings. The van der Waals surface area contributed by atoms with Crippen molar-refractivity contribution in [3.8, 4) is 23.0 Å². The molecular formula is C21H22O7. The minimum Gasteiger partial charge on any atom is -0.491 e. The Labute approximate surface area is 163 Å². The fourth-order valence-electron chi connectivity index (χ4n) is 2.18. The summed E-state index contributed by atoms with van der Waals surface area (Å²) in [6.07, 6.45) is 0.336. The van der Waals surface area contributed by atoms with Gasteiger partial charge in [0.1, 0.15) is 55.0 Å². The van der Waals surface area contributed by atoms with Gasteiger partial charge in [0.25, 0.3) is 0 Å². The van der Waals surface area contributed by atoms with E-state index in [0.717, 1.165) is 18.4 Å². The van der Waals surface area contributed by atoms with Crippen molar-refractivity contribution in [3.63, 3.8) is 0 Å². The number of aliphatic hydroxyl groups is 1. The Morgan fingerprint density at radius 2 is 1.57 bits per heavy atom. The number of epoxide rings is 1. The highest BCUT2D eigenvalue weighted by Crippen LogP contribution is 2.26. The molecule has 0 radical (unpaired) electrons. The van der Waals surface area contributed by atoms with Gasteiger partial charge >= 0.3 is 5.97 Å². The summed E-state index contributed by atoms with van der Waals surface area (Å²) in [5.41, 5.74) is 0. The minimum absolute atomic E-state index is 0.00200. The number of hydrogen-bond acceptors (Lipinski definition) is 7. The predicted molar refractivity (Wildman–Crippen MR) is 101 cm³/mol. The standard InChI is InChI=1S/C21H22O7/c1-2-21(23)27-12-15(22)11-24-16-3-7-18(8-4-16)28-19-9-5-17(6-10-19)25-13-20-14-26-20/h2-10,15,20,22H,1,11-14H2. The summed E-state index contributed by atoms with van der Waals surface area (Å²) in [6, 6.07) is 14.3. The molecule has 2 unspecified atom stereocenters. The van der Waals surface area contributed by atoms with E-state index in [9.17, 15) is 9.90 Å². The Hall–Kier alpha value is -3.03. The van der Waals surface area contributed by atoms with Gasteiger partial charge in [0, 0.05) is 6.08 Å². The fourth-order valence-corrected chi connectivity index (χ4v) is 2.18. The summed E-state index contributed by atoms with van der Waals surface area (Å²) in [6.45, 7) is 4.45. The van der Waals surface area contributed by atoms with Gasteiger partial charge < -0.3 is 28.8 Å². The van der Waals surface area contributed by atoms with Gasteiger partial charge in [0.05, 0.1) is 6.61 Å². The first kappa shape index (κ1) is 19.7. The first-order valence-electron chi connectivity index (χ1n) is 8.85. The molecule has 1 saturated heterocycles. The number of ether oxygens (including phenoxy) is 5. The smallest absolute Gasteiger partial charge is 0.330 e. The molecule has 1 N–H and O–H groups in total. The average molecular weight is 386 g/mol. The zero-order valence-electron chi connectivity index (χ0n) is 15.3. The Morgan fingerprint density at radius 3 is 2.11 bits per heavy atom. The molecule has 7 heteroatoms. The number of esters is 1. The molecule has 28 heavy (non-hydrogen) atoms. The first-order chi connectivity index (χ1) is 13.6. The second-order valence-electron chi connectivity index (χ2n) is 6.11. The van der Waals surface area contributed by atoms with Crippen LogP contribution >= 0.6 is 0 Å². The van der Waals surface area contributed by atoms with Crippen molar-refractivity contribution in [1.29, 1.82) is 0 Å². The van der Waals surface area contributed by atoms with Crippen LogP contribution in [0.3, 0.4) is 0 Å². The van der Waals surface area contributed by atoms with Crippen LogP contribution in [-0.4, -0.2) is 49.7 Å². The third kappa shape index (κ3) is 6.61. The van der Waals surface area contributed by atoms with Crippen molar-refractivity contribution in [2.45, 2.75) is 12.2 Å². The first-order valence-corrected chi connectivity index (χ1v) is 8.85. The maximum absolute atomic E-state index is 10.9. The molecule has 0 aliphatic carbocycles. The fraction of sp³-hybridized carbons (Fsp3) is 0.286. The van der Waals surface area contributed by atoms with E-state index in [-0.39, 0.29) is 19.3 Å². The number of rotatable bonds is 11. The van der Waals surface area contributed by atoms with Crippen molar-refractivity contribution in [1.82, 2.24) is 0 Å². The van der Waals surface area contributed by atoms with Crippen LogP contribution in [0.4, 0.5) is 0 Å². The average Bonchev–Trinajstić information content (AvgIpc) is 3.55. The van der Waals surface area contributed by atoms with Crippen molar-refractivity contribution in [2.75, 3.05) is 26.4 Å². The van der Waals surface area contributed by atoms with Crippen molar-refractivity contribution >= 4 is 5.97 Å². The van der Waals surface area contributed by atoms with Gasteiger partial charge in [-0.3, -0.25) is 0 Å². The third-order valence-corrected chi connectivity index (χ3v) is 3.75. The Kier molecular flexibility index (Phi) is 6.89. The second kappa shape index (κ2) is 9.77. The lowest BCUT2D eigenvalue weighted by molar-refractivity contribution is -0.141. The monoisotopic (exact) mass is 386 g/mol. The van der Waals surface area contributed by atoms with Crippen LogP contribution in [0.15, 0.2) is 61.2 Å². The molecule has 2 aromatic carbocycles. The van der Waals surface area contributed by atoms with Crippen LogP contribution in [-0.2, 0) is 14.3 Å². The molecule has 0 aromatic heterocycles. The van der Waals surface area contributed by atoms with Gasteiger partial charge in [-0.25, -0.2) is 4.79 Å². The van der Waals surface area contributed by atoms with E-state index in [0.29, 0.717) is 23.9 Å². The number of carbonyl (C=O) groups excluding carboxylic acids is 1. The summed E-state index contributed by atoms with van der Waals surface area (Å²) in [5.74, 6) is 2.07. The number of benzene rings is 2. The predicted octanol–water partition coefficient (Wildman–Crippen LogP) is 2.73. The highest BCUT2D eigenvalue weighted by Gasteiger charge is 2.22. The summed E-state index contributed by atoms with van der Waals surface area (Å²) < 4.78 is 26.7. The molecule has 0 amide bonds. The van der Waals surface area contributed by atoms with E-state index in [1.54, 1.807) is 24.3 Å². The molecule has 7 nitrogen and oxygen atoms in total. The number of aliphatic hydroxyl groups excluding tert-OH is 1. The van der Waals surface area contributed by atoms with Crippen LogP contribution < -0.4 is 14.2 Å². The maximum Gasteiger partial charge on any atom is 0.330 e. The van der Waals surface area contributed by atoms with Gasteiger partial charge in [-0.1, -0.05) is 6.58 Å². The molecule has 1 fully saturated rings. The van der Waals surface area contributed by atoms with E-state index in [1.807, 2.05) is 24.3 Å². The lowest BCUT2D eigenvalue weighted by Gasteiger charge is -2.13. The molecule has 1 heterocycles. The van der Waals surface area contributed by atoms with E-state index >= 15 is 0 Å². The van der Waals surface area contributed by atoms with Crippen molar-refractivity contribution in [2.24, 2.45) is 0 Å².